The summed E-state index contributed by atoms with van der Waals surface area (Å²) in [6.07, 6.45) is 2.12. The number of nitrogens with one attached hydrogen (secondary N) is 2. The largest absolute Gasteiger partial charge is 0.368 e. The predicted octanol–water partition coefficient (Wildman–Crippen LogP) is 3.39. The average molecular weight is 364 g/mol. The van der Waals surface area contributed by atoms with Crippen molar-refractivity contribution in [3.63, 3.8) is 0 Å². The number of piperazine rings is 1. The van der Waals surface area contributed by atoms with E-state index in [1.807, 2.05) is 59.5 Å². The monoisotopic (exact) mass is 364 g/mol. The van der Waals surface area contributed by atoms with Crippen molar-refractivity contribution in [2.75, 3.05) is 41.7 Å². The van der Waals surface area contributed by atoms with Crippen molar-refractivity contribution in [3.05, 3.63) is 54.6 Å². The number of rotatable bonds is 4. The minimum atomic E-state index is -0.263. The lowest BCUT2D eigenvalue weighted by atomic mass is 10.2. The molecule has 4 rings (SSSR count). The molecule has 2 N–H and O–H groups in total. The summed E-state index contributed by atoms with van der Waals surface area (Å²) >= 11 is 0. The predicted molar refractivity (Wildman–Crippen MR) is 107 cm³/mol. The van der Waals surface area contributed by atoms with Crippen molar-refractivity contribution in [1.29, 1.82) is 0 Å². The topological polar surface area (TPSA) is 64.7 Å². The summed E-state index contributed by atoms with van der Waals surface area (Å²) in [6.45, 7) is 3.27. The molecule has 1 saturated heterocycles. The fourth-order valence-corrected chi connectivity index (χ4v) is 3.34. The third-order valence-corrected chi connectivity index (χ3v) is 5.04. The molecule has 2 aromatic carbocycles. The second kappa shape index (κ2) is 7.70. The van der Waals surface area contributed by atoms with Crippen LogP contribution in [0.25, 0.3) is 0 Å². The van der Waals surface area contributed by atoms with Crippen LogP contribution < -0.4 is 15.5 Å². The average Bonchev–Trinajstić information content (AvgIpc) is 3.54. The zero-order chi connectivity index (χ0) is 18.6. The van der Waals surface area contributed by atoms with Gasteiger partial charge in [-0.2, -0.15) is 0 Å². The SMILES string of the molecule is O=C(Nc1ccccc1)Nc1ccc(N2CCN(C(=O)C3CC3)CC2)cc1. The fourth-order valence-electron chi connectivity index (χ4n) is 3.34. The maximum absolute atomic E-state index is 12.1. The molecule has 2 fully saturated rings. The Balaban J connectivity index is 1.28. The normalized spacial score (nSPS) is 16.7. The maximum Gasteiger partial charge on any atom is 0.323 e. The van der Waals surface area contributed by atoms with E-state index in [2.05, 4.69) is 15.5 Å². The van der Waals surface area contributed by atoms with Crippen LogP contribution >= 0.6 is 0 Å². The number of urea groups is 1. The quantitative estimate of drug-likeness (QED) is 0.874. The summed E-state index contributed by atoms with van der Waals surface area (Å²) in [6, 6.07) is 16.9. The molecular formula is C21H24N4O2. The number of hydrogen-bond donors (Lipinski definition) is 2. The second-order valence-electron chi connectivity index (χ2n) is 7.08. The molecular weight excluding hydrogens is 340 g/mol. The third kappa shape index (κ3) is 4.39. The van der Waals surface area contributed by atoms with E-state index in [1.54, 1.807) is 0 Å². The molecule has 2 aliphatic rings. The molecule has 0 atom stereocenters. The Kier molecular flexibility index (Phi) is 4.96. The number of para-hydroxylation sites is 1. The van der Waals surface area contributed by atoms with Gasteiger partial charge in [-0.15, -0.1) is 0 Å². The van der Waals surface area contributed by atoms with Crippen LogP contribution in [-0.2, 0) is 4.79 Å². The molecule has 6 nitrogen and oxygen atoms in total. The van der Waals surface area contributed by atoms with Gasteiger partial charge in [0.05, 0.1) is 0 Å². The Labute approximate surface area is 159 Å². The van der Waals surface area contributed by atoms with Crippen LogP contribution in [0.3, 0.4) is 0 Å². The van der Waals surface area contributed by atoms with Gasteiger partial charge in [0.1, 0.15) is 0 Å². The van der Waals surface area contributed by atoms with Crippen LogP contribution in [0.5, 0.6) is 0 Å². The highest BCUT2D eigenvalue weighted by Gasteiger charge is 2.34. The van der Waals surface area contributed by atoms with Crippen LogP contribution in [0.1, 0.15) is 12.8 Å². The van der Waals surface area contributed by atoms with Gasteiger partial charge in [0.2, 0.25) is 5.91 Å². The van der Waals surface area contributed by atoms with Crippen molar-refractivity contribution in [3.8, 4) is 0 Å². The van der Waals surface area contributed by atoms with Gasteiger partial charge in [-0.05, 0) is 49.2 Å². The standard InChI is InChI=1S/C21H24N4O2/c26-20(16-6-7-16)25-14-12-24(13-15-25)19-10-8-18(9-11-19)23-21(27)22-17-4-2-1-3-5-17/h1-5,8-11,16H,6-7,12-15H2,(H2,22,23,27). The summed E-state index contributed by atoms with van der Waals surface area (Å²) in [5, 5.41) is 5.64. The first-order chi connectivity index (χ1) is 13.2. The highest BCUT2D eigenvalue weighted by molar-refractivity contribution is 5.99. The van der Waals surface area contributed by atoms with Gasteiger partial charge >= 0.3 is 6.03 Å². The van der Waals surface area contributed by atoms with Gasteiger partial charge in [-0.3, -0.25) is 4.79 Å². The number of nitrogens with zero attached hydrogens (tertiary/aromatic N) is 2. The summed E-state index contributed by atoms with van der Waals surface area (Å²) in [7, 11) is 0. The van der Waals surface area contributed by atoms with Crippen molar-refractivity contribution in [2.45, 2.75) is 12.8 Å². The smallest absolute Gasteiger partial charge is 0.323 e. The highest BCUT2D eigenvalue weighted by atomic mass is 16.2. The number of benzene rings is 2. The van der Waals surface area contributed by atoms with Crippen LogP contribution in [0, 0.1) is 5.92 Å². The minimum absolute atomic E-state index is 0.263. The zero-order valence-corrected chi connectivity index (χ0v) is 15.2. The summed E-state index contributed by atoms with van der Waals surface area (Å²) in [5.74, 6) is 0.627. The zero-order valence-electron chi connectivity index (χ0n) is 15.2. The van der Waals surface area contributed by atoms with Crippen LogP contribution in [0.2, 0.25) is 0 Å². The molecule has 6 heteroatoms. The van der Waals surface area contributed by atoms with E-state index >= 15 is 0 Å². The number of hydrogen-bond acceptors (Lipinski definition) is 3. The van der Waals surface area contributed by atoms with Gasteiger partial charge in [-0.25, -0.2) is 4.79 Å². The van der Waals surface area contributed by atoms with Gasteiger partial charge in [0, 0.05) is 49.2 Å². The molecule has 2 aromatic rings. The van der Waals surface area contributed by atoms with E-state index in [-0.39, 0.29) is 6.03 Å². The molecule has 1 aliphatic heterocycles. The van der Waals surface area contributed by atoms with Crippen molar-refractivity contribution in [2.24, 2.45) is 5.92 Å². The molecule has 1 saturated carbocycles. The second-order valence-corrected chi connectivity index (χ2v) is 7.08. The van der Waals surface area contributed by atoms with Gasteiger partial charge in [0.25, 0.3) is 0 Å². The molecule has 1 heterocycles. The Morgan fingerprint density at radius 2 is 1.37 bits per heavy atom. The lowest BCUT2D eigenvalue weighted by Crippen LogP contribution is -2.49. The van der Waals surface area contributed by atoms with E-state index in [9.17, 15) is 9.59 Å². The Bertz CT molecular complexity index is 795. The van der Waals surface area contributed by atoms with E-state index in [1.165, 1.54) is 0 Å². The van der Waals surface area contributed by atoms with Crippen LogP contribution in [0.15, 0.2) is 54.6 Å². The summed E-state index contributed by atoms with van der Waals surface area (Å²) in [4.78, 5) is 28.5. The number of carbonyl (C=O) groups is 2. The molecule has 1 aliphatic carbocycles. The molecule has 0 unspecified atom stereocenters. The van der Waals surface area contributed by atoms with Crippen LogP contribution in [-0.4, -0.2) is 43.0 Å². The first-order valence-electron chi connectivity index (χ1n) is 9.46. The molecule has 0 aromatic heterocycles. The van der Waals surface area contributed by atoms with Gasteiger partial charge < -0.3 is 20.4 Å². The van der Waals surface area contributed by atoms with E-state index < -0.39 is 0 Å². The molecule has 0 spiro atoms. The van der Waals surface area contributed by atoms with E-state index in [0.717, 1.165) is 56.1 Å². The number of carbonyl (C=O) groups excluding carboxylic acids is 2. The molecule has 0 bridgehead atoms. The lowest BCUT2D eigenvalue weighted by Gasteiger charge is -2.36. The maximum atomic E-state index is 12.1. The lowest BCUT2D eigenvalue weighted by molar-refractivity contribution is -0.132. The van der Waals surface area contributed by atoms with Gasteiger partial charge in [-0.1, -0.05) is 18.2 Å². The molecule has 0 radical (unpaired) electrons. The molecule has 140 valence electrons. The third-order valence-electron chi connectivity index (χ3n) is 5.04. The minimum Gasteiger partial charge on any atom is -0.368 e. The van der Waals surface area contributed by atoms with Gasteiger partial charge in [0.15, 0.2) is 0 Å². The summed E-state index contributed by atoms with van der Waals surface area (Å²) in [5.41, 5.74) is 2.61. The van der Waals surface area contributed by atoms with Crippen molar-refractivity contribution in [1.82, 2.24) is 4.90 Å². The number of amides is 3. The number of anilines is 3. The van der Waals surface area contributed by atoms with Crippen molar-refractivity contribution < 1.29 is 9.59 Å². The first-order valence-corrected chi connectivity index (χ1v) is 9.46. The van der Waals surface area contributed by atoms with Crippen LogP contribution in [0.4, 0.5) is 21.9 Å². The summed E-state index contributed by atoms with van der Waals surface area (Å²) < 4.78 is 0. The Morgan fingerprint density at radius 1 is 0.778 bits per heavy atom. The van der Waals surface area contributed by atoms with Crippen molar-refractivity contribution >= 4 is 29.0 Å². The van der Waals surface area contributed by atoms with E-state index in [0.29, 0.717) is 11.8 Å². The fraction of sp³-hybridized carbons (Fsp3) is 0.333. The van der Waals surface area contributed by atoms with E-state index in [4.69, 9.17) is 0 Å². The molecule has 3 amide bonds. The first kappa shape index (κ1) is 17.4. The Morgan fingerprint density at radius 3 is 1.96 bits per heavy atom. The Hall–Kier alpha value is -3.02. The molecule has 27 heavy (non-hydrogen) atoms. The highest BCUT2D eigenvalue weighted by Crippen LogP contribution is 2.31.